The van der Waals surface area contributed by atoms with Crippen LogP contribution in [0.3, 0.4) is 0 Å². The summed E-state index contributed by atoms with van der Waals surface area (Å²) >= 11 is 0. The van der Waals surface area contributed by atoms with Crippen LogP contribution in [0.5, 0.6) is 5.75 Å². The quantitative estimate of drug-likeness (QED) is 0.616. The van der Waals surface area contributed by atoms with Gasteiger partial charge in [0.2, 0.25) is 5.91 Å². The molecule has 30 heavy (non-hydrogen) atoms. The van der Waals surface area contributed by atoms with Crippen molar-refractivity contribution in [3.63, 3.8) is 0 Å². The van der Waals surface area contributed by atoms with Crippen molar-refractivity contribution in [3.05, 3.63) is 65.9 Å². The normalized spacial score (nSPS) is 19.7. The monoisotopic (exact) mass is 405 g/mol. The van der Waals surface area contributed by atoms with Gasteiger partial charge in [-0.3, -0.25) is 9.69 Å². The smallest absolute Gasteiger partial charge is 0.220 e. The largest absolute Gasteiger partial charge is 0.497 e. The minimum Gasteiger partial charge on any atom is -0.497 e. The number of rotatable bonds is 7. The first-order valence-corrected chi connectivity index (χ1v) is 10.8. The molecule has 1 aliphatic heterocycles. The predicted molar refractivity (Wildman–Crippen MR) is 121 cm³/mol. The van der Waals surface area contributed by atoms with Crippen LogP contribution < -0.4 is 10.1 Å². The summed E-state index contributed by atoms with van der Waals surface area (Å²) in [7, 11) is 3.87. The minimum atomic E-state index is 0.127. The van der Waals surface area contributed by atoms with Crippen LogP contribution in [0.2, 0.25) is 0 Å². The van der Waals surface area contributed by atoms with Crippen LogP contribution in [-0.2, 0) is 11.2 Å². The Morgan fingerprint density at radius 1 is 1.20 bits per heavy atom. The van der Waals surface area contributed by atoms with Gasteiger partial charge in [-0.05, 0) is 68.1 Å². The molecule has 1 saturated heterocycles. The molecule has 2 N–H and O–H groups in total. The standard InChI is InChI=1S/C25H31N3O2/c1-28-15-5-6-20(25(28)18-9-12-21(30-2)13-10-18)17-27-24(29)14-11-19-16-26-23-8-4-3-7-22(19)23/h3-4,7-10,12-13,16,20,25-26H,5-6,11,14-15,17H2,1-2H3,(H,27,29). The summed E-state index contributed by atoms with van der Waals surface area (Å²) in [4.78, 5) is 18.3. The van der Waals surface area contributed by atoms with Crippen LogP contribution in [0.4, 0.5) is 0 Å². The average Bonchev–Trinajstić information content (AvgIpc) is 3.19. The van der Waals surface area contributed by atoms with Crippen molar-refractivity contribution in [2.24, 2.45) is 5.92 Å². The molecule has 0 saturated carbocycles. The molecule has 4 rings (SSSR count). The fraction of sp³-hybridized carbons (Fsp3) is 0.400. The van der Waals surface area contributed by atoms with Crippen LogP contribution in [0, 0.1) is 5.92 Å². The van der Waals surface area contributed by atoms with Gasteiger partial charge in [0, 0.05) is 36.1 Å². The fourth-order valence-corrected chi connectivity index (χ4v) is 4.72. The van der Waals surface area contributed by atoms with Gasteiger partial charge in [0.1, 0.15) is 5.75 Å². The number of carbonyl (C=O) groups excluding carboxylic acids is 1. The topological polar surface area (TPSA) is 57.4 Å². The molecular formula is C25H31N3O2. The summed E-state index contributed by atoms with van der Waals surface area (Å²) in [5, 5.41) is 4.41. The zero-order valence-electron chi connectivity index (χ0n) is 17.9. The molecule has 0 bridgehead atoms. The lowest BCUT2D eigenvalue weighted by Crippen LogP contribution is -2.41. The highest BCUT2D eigenvalue weighted by molar-refractivity contribution is 5.84. The Hall–Kier alpha value is -2.79. The predicted octanol–water partition coefficient (Wildman–Crippen LogP) is 4.31. The van der Waals surface area contributed by atoms with Crippen LogP contribution >= 0.6 is 0 Å². The number of aromatic amines is 1. The van der Waals surface area contributed by atoms with Crippen molar-refractivity contribution in [1.82, 2.24) is 15.2 Å². The molecule has 3 aromatic rings. The number of aromatic nitrogens is 1. The number of hydrogen-bond donors (Lipinski definition) is 2. The number of para-hydroxylation sites is 1. The van der Waals surface area contributed by atoms with E-state index in [4.69, 9.17) is 4.74 Å². The van der Waals surface area contributed by atoms with Gasteiger partial charge in [0.25, 0.3) is 0 Å². The molecule has 1 fully saturated rings. The summed E-state index contributed by atoms with van der Waals surface area (Å²) in [6.07, 6.45) is 5.58. The number of aryl methyl sites for hydroxylation is 1. The van der Waals surface area contributed by atoms with E-state index in [9.17, 15) is 4.79 Å². The summed E-state index contributed by atoms with van der Waals surface area (Å²) in [5.41, 5.74) is 3.62. The molecule has 1 aliphatic rings. The Bertz CT molecular complexity index is 979. The molecule has 158 valence electrons. The summed E-state index contributed by atoms with van der Waals surface area (Å²) in [5.74, 6) is 1.41. The zero-order chi connectivity index (χ0) is 20.9. The van der Waals surface area contributed by atoms with Gasteiger partial charge in [-0.15, -0.1) is 0 Å². The number of fused-ring (bicyclic) bond motifs is 1. The van der Waals surface area contributed by atoms with Crippen molar-refractivity contribution < 1.29 is 9.53 Å². The first-order chi connectivity index (χ1) is 14.7. The number of nitrogens with one attached hydrogen (secondary N) is 2. The second kappa shape index (κ2) is 9.35. The van der Waals surface area contributed by atoms with E-state index in [-0.39, 0.29) is 5.91 Å². The Kier molecular flexibility index (Phi) is 6.38. The van der Waals surface area contributed by atoms with Crippen molar-refractivity contribution in [1.29, 1.82) is 0 Å². The van der Waals surface area contributed by atoms with Gasteiger partial charge in [-0.25, -0.2) is 0 Å². The molecular weight excluding hydrogens is 374 g/mol. The van der Waals surface area contributed by atoms with Crippen molar-refractivity contribution in [2.75, 3.05) is 27.2 Å². The van der Waals surface area contributed by atoms with E-state index in [0.29, 0.717) is 24.9 Å². The number of benzene rings is 2. The van der Waals surface area contributed by atoms with E-state index in [1.807, 2.05) is 30.5 Å². The van der Waals surface area contributed by atoms with Gasteiger partial charge in [0.15, 0.2) is 0 Å². The molecule has 1 aromatic heterocycles. The number of H-pyrrole nitrogens is 1. The molecule has 2 heterocycles. The lowest BCUT2D eigenvalue weighted by molar-refractivity contribution is -0.121. The maximum absolute atomic E-state index is 12.6. The first-order valence-electron chi connectivity index (χ1n) is 10.8. The molecule has 0 spiro atoms. The summed E-state index contributed by atoms with van der Waals surface area (Å²) < 4.78 is 5.30. The highest BCUT2D eigenvalue weighted by Crippen LogP contribution is 2.35. The molecule has 5 heteroatoms. The number of nitrogens with zero attached hydrogens (tertiary/aromatic N) is 1. The average molecular weight is 406 g/mol. The third-order valence-electron chi connectivity index (χ3n) is 6.32. The number of ether oxygens (including phenoxy) is 1. The first kappa shape index (κ1) is 20.5. The van der Waals surface area contributed by atoms with Crippen LogP contribution in [0.15, 0.2) is 54.7 Å². The Labute approximate surface area is 178 Å². The van der Waals surface area contributed by atoms with E-state index in [2.05, 4.69) is 46.5 Å². The number of likely N-dealkylation sites (tertiary alicyclic amines) is 1. The minimum absolute atomic E-state index is 0.127. The molecule has 1 amide bonds. The van der Waals surface area contributed by atoms with Gasteiger partial charge < -0.3 is 15.0 Å². The van der Waals surface area contributed by atoms with E-state index < -0.39 is 0 Å². The fourth-order valence-electron chi connectivity index (χ4n) is 4.72. The van der Waals surface area contributed by atoms with Crippen molar-refractivity contribution in [3.8, 4) is 5.75 Å². The molecule has 2 atom stereocenters. The van der Waals surface area contributed by atoms with Crippen LogP contribution in [0.1, 0.15) is 36.4 Å². The molecule has 2 unspecified atom stereocenters. The van der Waals surface area contributed by atoms with Crippen molar-refractivity contribution in [2.45, 2.75) is 31.7 Å². The molecule has 0 aliphatic carbocycles. The number of carbonyl (C=O) groups is 1. The summed E-state index contributed by atoms with van der Waals surface area (Å²) in [6.45, 7) is 1.80. The Morgan fingerprint density at radius 2 is 2.00 bits per heavy atom. The molecule has 0 radical (unpaired) electrons. The third kappa shape index (κ3) is 4.51. The Balaban J connectivity index is 1.35. The van der Waals surface area contributed by atoms with E-state index in [1.165, 1.54) is 22.9 Å². The van der Waals surface area contributed by atoms with E-state index in [1.54, 1.807) is 7.11 Å². The molecule has 5 nitrogen and oxygen atoms in total. The summed E-state index contributed by atoms with van der Waals surface area (Å²) in [6, 6.07) is 16.9. The lowest BCUT2D eigenvalue weighted by atomic mass is 9.85. The number of piperidine rings is 1. The van der Waals surface area contributed by atoms with Gasteiger partial charge in [-0.1, -0.05) is 30.3 Å². The highest BCUT2D eigenvalue weighted by Gasteiger charge is 2.30. The van der Waals surface area contributed by atoms with Crippen molar-refractivity contribution >= 4 is 16.8 Å². The lowest BCUT2D eigenvalue weighted by Gasteiger charge is -2.39. The molecule has 2 aromatic carbocycles. The third-order valence-corrected chi connectivity index (χ3v) is 6.32. The van der Waals surface area contributed by atoms with Crippen LogP contribution in [-0.4, -0.2) is 43.0 Å². The van der Waals surface area contributed by atoms with Gasteiger partial charge >= 0.3 is 0 Å². The van der Waals surface area contributed by atoms with E-state index >= 15 is 0 Å². The zero-order valence-corrected chi connectivity index (χ0v) is 17.9. The number of hydrogen-bond acceptors (Lipinski definition) is 3. The van der Waals surface area contributed by atoms with Crippen LogP contribution in [0.25, 0.3) is 10.9 Å². The maximum atomic E-state index is 12.6. The highest BCUT2D eigenvalue weighted by atomic mass is 16.5. The second-order valence-electron chi connectivity index (χ2n) is 8.26. The maximum Gasteiger partial charge on any atom is 0.220 e. The number of amides is 1. The number of methoxy groups -OCH3 is 1. The Morgan fingerprint density at radius 3 is 2.80 bits per heavy atom. The van der Waals surface area contributed by atoms with Gasteiger partial charge in [-0.2, -0.15) is 0 Å². The SMILES string of the molecule is COc1ccc(C2C(CNC(=O)CCc3c[nH]c4ccccc34)CCCN2C)cc1. The van der Waals surface area contributed by atoms with Gasteiger partial charge in [0.05, 0.1) is 7.11 Å². The second-order valence-corrected chi connectivity index (χ2v) is 8.26. The van der Waals surface area contributed by atoms with E-state index in [0.717, 1.165) is 30.7 Å².